The molecule has 17 heavy (non-hydrogen) atoms. The number of ether oxygens (including phenoxy) is 2. The zero-order valence-corrected chi connectivity index (χ0v) is 10.5. The number of anilines is 1. The van der Waals surface area contributed by atoms with Crippen LogP contribution in [0, 0.1) is 0 Å². The van der Waals surface area contributed by atoms with Gasteiger partial charge in [-0.2, -0.15) is 0 Å². The largest absolute Gasteiger partial charge is 0.497 e. The van der Waals surface area contributed by atoms with Crippen molar-refractivity contribution in [2.45, 2.75) is 13.8 Å². The molecule has 0 spiro atoms. The van der Waals surface area contributed by atoms with Gasteiger partial charge in [-0.25, -0.2) is 0 Å². The van der Waals surface area contributed by atoms with Crippen molar-refractivity contribution in [1.82, 2.24) is 0 Å². The van der Waals surface area contributed by atoms with Crippen molar-refractivity contribution in [2.75, 3.05) is 19.5 Å². The molecular formula is C13H17NO3. The van der Waals surface area contributed by atoms with E-state index >= 15 is 0 Å². The molecular weight excluding hydrogens is 218 g/mol. The van der Waals surface area contributed by atoms with Crippen LogP contribution in [-0.2, 0) is 4.79 Å². The third-order valence-electron chi connectivity index (χ3n) is 2.40. The Labute approximate surface area is 101 Å². The normalized spacial score (nSPS) is 10.9. The Kier molecular flexibility index (Phi) is 4.57. The van der Waals surface area contributed by atoms with E-state index in [9.17, 15) is 4.79 Å². The minimum atomic E-state index is -0.136. The van der Waals surface area contributed by atoms with E-state index in [0.717, 1.165) is 0 Å². The summed E-state index contributed by atoms with van der Waals surface area (Å²) < 4.78 is 10.2. The standard InChI is InChI=1S/C13H17NO3/c1-5-9(2)13(15)14-10-6-11(16-3)8-12(7-10)17-4/h5-8H,1-4H3,(H,14,15)/b9-5+. The lowest BCUT2D eigenvalue weighted by Gasteiger charge is -2.09. The Morgan fingerprint density at radius 2 is 1.71 bits per heavy atom. The molecule has 0 aromatic heterocycles. The van der Waals surface area contributed by atoms with Crippen LogP contribution < -0.4 is 14.8 Å². The molecule has 0 aliphatic heterocycles. The molecule has 0 heterocycles. The first-order valence-electron chi connectivity index (χ1n) is 5.28. The summed E-state index contributed by atoms with van der Waals surface area (Å²) in [4.78, 5) is 11.7. The van der Waals surface area contributed by atoms with Crippen molar-refractivity contribution in [1.29, 1.82) is 0 Å². The van der Waals surface area contributed by atoms with E-state index < -0.39 is 0 Å². The zero-order valence-electron chi connectivity index (χ0n) is 10.5. The van der Waals surface area contributed by atoms with Crippen LogP contribution in [0.1, 0.15) is 13.8 Å². The van der Waals surface area contributed by atoms with E-state index in [-0.39, 0.29) is 5.91 Å². The van der Waals surface area contributed by atoms with E-state index in [1.54, 1.807) is 45.4 Å². The third-order valence-corrected chi connectivity index (χ3v) is 2.40. The summed E-state index contributed by atoms with van der Waals surface area (Å²) in [5, 5.41) is 2.77. The molecule has 0 bridgehead atoms. The first-order chi connectivity index (χ1) is 8.10. The van der Waals surface area contributed by atoms with Gasteiger partial charge in [0.25, 0.3) is 5.91 Å². The number of hydrogen-bond acceptors (Lipinski definition) is 3. The molecule has 0 unspecified atom stereocenters. The Morgan fingerprint density at radius 1 is 1.18 bits per heavy atom. The second kappa shape index (κ2) is 5.94. The molecule has 92 valence electrons. The molecule has 0 saturated carbocycles. The molecule has 1 aromatic carbocycles. The number of rotatable bonds is 4. The van der Waals surface area contributed by atoms with Crippen molar-refractivity contribution in [3.05, 3.63) is 29.8 Å². The first kappa shape index (κ1) is 13.1. The smallest absolute Gasteiger partial charge is 0.250 e. The topological polar surface area (TPSA) is 47.6 Å². The monoisotopic (exact) mass is 235 g/mol. The van der Waals surface area contributed by atoms with Crippen LogP contribution in [0.5, 0.6) is 11.5 Å². The summed E-state index contributed by atoms with van der Waals surface area (Å²) in [6, 6.07) is 5.23. The van der Waals surface area contributed by atoms with Gasteiger partial charge < -0.3 is 14.8 Å². The molecule has 1 N–H and O–H groups in total. The maximum Gasteiger partial charge on any atom is 0.250 e. The number of carbonyl (C=O) groups excluding carboxylic acids is 1. The predicted octanol–water partition coefficient (Wildman–Crippen LogP) is 2.61. The van der Waals surface area contributed by atoms with Crippen molar-refractivity contribution < 1.29 is 14.3 Å². The van der Waals surface area contributed by atoms with Crippen molar-refractivity contribution in [2.24, 2.45) is 0 Å². The molecule has 0 radical (unpaired) electrons. The highest BCUT2D eigenvalue weighted by atomic mass is 16.5. The van der Waals surface area contributed by atoms with Gasteiger partial charge in [-0.05, 0) is 13.8 Å². The lowest BCUT2D eigenvalue weighted by molar-refractivity contribution is -0.112. The van der Waals surface area contributed by atoms with Gasteiger partial charge in [0, 0.05) is 29.5 Å². The van der Waals surface area contributed by atoms with Gasteiger partial charge in [-0.15, -0.1) is 0 Å². The number of nitrogens with one attached hydrogen (secondary N) is 1. The lowest BCUT2D eigenvalue weighted by Crippen LogP contribution is -2.12. The quantitative estimate of drug-likeness (QED) is 0.816. The van der Waals surface area contributed by atoms with Crippen LogP contribution in [0.2, 0.25) is 0 Å². The van der Waals surface area contributed by atoms with Crippen LogP contribution in [0.3, 0.4) is 0 Å². The molecule has 1 rings (SSSR count). The Hall–Kier alpha value is -1.97. The van der Waals surface area contributed by atoms with Gasteiger partial charge in [-0.1, -0.05) is 6.08 Å². The average Bonchev–Trinajstić information content (AvgIpc) is 2.36. The van der Waals surface area contributed by atoms with E-state index in [0.29, 0.717) is 22.8 Å². The minimum Gasteiger partial charge on any atom is -0.497 e. The summed E-state index contributed by atoms with van der Waals surface area (Å²) in [5.74, 6) is 1.14. The highest BCUT2D eigenvalue weighted by molar-refractivity contribution is 6.03. The maximum absolute atomic E-state index is 11.7. The van der Waals surface area contributed by atoms with Gasteiger partial charge in [0.2, 0.25) is 0 Å². The van der Waals surface area contributed by atoms with Crippen molar-refractivity contribution >= 4 is 11.6 Å². The molecule has 0 aliphatic rings. The first-order valence-corrected chi connectivity index (χ1v) is 5.28. The summed E-state index contributed by atoms with van der Waals surface area (Å²) in [6.07, 6.45) is 1.76. The molecule has 0 aliphatic carbocycles. The summed E-state index contributed by atoms with van der Waals surface area (Å²) in [7, 11) is 3.13. The molecule has 1 aromatic rings. The van der Waals surface area contributed by atoms with Crippen molar-refractivity contribution in [3.8, 4) is 11.5 Å². The molecule has 1 amide bonds. The number of hydrogen-bond donors (Lipinski definition) is 1. The van der Waals surface area contributed by atoms with Gasteiger partial charge in [0.05, 0.1) is 14.2 Å². The van der Waals surface area contributed by atoms with Gasteiger partial charge in [0.15, 0.2) is 0 Å². The molecule has 0 atom stereocenters. The summed E-state index contributed by atoms with van der Waals surface area (Å²) in [5.41, 5.74) is 1.30. The third kappa shape index (κ3) is 3.52. The van der Waals surface area contributed by atoms with E-state index in [1.807, 2.05) is 6.92 Å². The van der Waals surface area contributed by atoms with Crippen LogP contribution >= 0.6 is 0 Å². The zero-order chi connectivity index (χ0) is 12.8. The lowest BCUT2D eigenvalue weighted by atomic mass is 10.2. The molecule has 0 fully saturated rings. The molecule has 0 saturated heterocycles. The van der Waals surface area contributed by atoms with Crippen LogP contribution in [0.4, 0.5) is 5.69 Å². The number of allylic oxidation sites excluding steroid dienone is 1. The van der Waals surface area contributed by atoms with Crippen LogP contribution in [-0.4, -0.2) is 20.1 Å². The van der Waals surface area contributed by atoms with E-state index in [4.69, 9.17) is 9.47 Å². The van der Waals surface area contributed by atoms with Gasteiger partial charge in [0.1, 0.15) is 11.5 Å². The fraction of sp³-hybridized carbons (Fsp3) is 0.308. The minimum absolute atomic E-state index is 0.136. The number of benzene rings is 1. The fourth-order valence-electron chi connectivity index (χ4n) is 1.24. The number of methoxy groups -OCH3 is 2. The second-order valence-electron chi connectivity index (χ2n) is 3.53. The van der Waals surface area contributed by atoms with E-state index in [1.165, 1.54) is 0 Å². The average molecular weight is 235 g/mol. The second-order valence-corrected chi connectivity index (χ2v) is 3.53. The Bertz CT molecular complexity index is 416. The maximum atomic E-state index is 11.7. The van der Waals surface area contributed by atoms with Crippen LogP contribution in [0.25, 0.3) is 0 Å². The molecule has 4 heteroatoms. The number of carbonyl (C=O) groups is 1. The number of amides is 1. The van der Waals surface area contributed by atoms with Gasteiger partial charge in [-0.3, -0.25) is 4.79 Å². The van der Waals surface area contributed by atoms with Gasteiger partial charge >= 0.3 is 0 Å². The van der Waals surface area contributed by atoms with E-state index in [2.05, 4.69) is 5.32 Å². The Balaban J connectivity index is 2.94. The van der Waals surface area contributed by atoms with Crippen LogP contribution in [0.15, 0.2) is 29.8 Å². The highest BCUT2D eigenvalue weighted by Crippen LogP contribution is 2.25. The Morgan fingerprint density at radius 3 is 2.12 bits per heavy atom. The predicted molar refractivity (Wildman–Crippen MR) is 67.6 cm³/mol. The SMILES string of the molecule is C/C=C(\C)C(=O)Nc1cc(OC)cc(OC)c1. The van der Waals surface area contributed by atoms with Crippen molar-refractivity contribution in [3.63, 3.8) is 0 Å². The summed E-state index contributed by atoms with van der Waals surface area (Å²) in [6.45, 7) is 3.58. The fourth-order valence-corrected chi connectivity index (χ4v) is 1.24. The molecule has 4 nitrogen and oxygen atoms in total. The highest BCUT2D eigenvalue weighted by Gasteiger charge is 2.06. The summed E-state index contributed by atoms with van der Waals surface area (Å²) >= 11 is 0.